The number of furan rings is 1. The van der Waals surface area contributed by atoms with E-state index in [2.05, 4.69) is 15.4 Å². The van der Waals surface area contributed by atoms with Crippen LogP contribution < -0.4 is 5.32 Å². The zero-order chi connectivity index (χ0) is 10.8. The van der Waals surface area contributed by atoms with Crippen LogP contribution in [0.2, 0.25) is 5.22 Å². The van der Waals surface area contributed by atoms with E-state index >= 15 is 0 Å². The molecular formula is C8H7ClN4O2. The lowest BCUT2D eigenvalue weighted by molar-refractivity contribution is 0.0995. The third kappa shape index (κ3) is 1.99. The van der Waals surface area contributed by atoms with Crippen LogP contribution in [0.3, 0.4) is 0 Å². The molecule has 0 saturated heterocycles. The third-order valence-electron chi connectivity index (χ3n) is 1.73. The molecule has 2 aromatic heterocycles. The normalized spacial score (nSPS) is 10.3. The van der Waals surface area contributed by atoms with Gasteiger partial charge in [0, 0.05) is 7.05 Å². The smallest absolute Gasteiger partial charge is 0.293 e. The van der Waals surface area contributed by atoms with Crippen LogP contribution in [0.25, 0.3) is 0 Å². The lowest BCUT2D eigenvalue weighted by Gasteiger charge is -2.00. The number of aromatic nitrogens is 3. The van der Waals surface area contributed by atoms with Crippen molar-refractivity contribution in [3.8, 4) is 0 Å². The minimum atomic E-state index is -0.419. The summed E-state index contributed by atoms with van der Waals surface area (Å²) in [5.74, 6) is 0.0496. The Labute approximate surface area is 89.9 Å². The Bertz CT molecular complexity index is 490. The molecule has 15 heavy (non-hydrogen) atoms. The highest BCUT2D eigenvalue weighted by atomic mass is 35.5. The van der Waals surface area contributed by atoms with Crippen molar-refractivity contribution in [2.24, 2.45) is 7.05 Å². The largest absolute Gasteiger partial charge is 0.440 e. The van der Waals surface area contributed by atoms with Crippen molar-refractivity contribution in [2.45, 2.75) is 0 Å². The van der Waals surface area contributed by atoms with Crippen LogP contribution in [-0.2, 0) is 7.05 Å². The number of nitrogens with one attached hydrogen (secondary N) is 1. The number of carbonyl (C=O) groups excluding carboxylic acids is 1. The van der Waals surface area contributed by atoms with Gasteiger partial charge in [-0.15, -0.1) is 0 Å². The van der Waals surface area contributed by atoms with E-state index in [4.69, 9.17) is 16.0 Å². The minimum Gasteiger partial charge on any atom is -0.440 e. The minimum absolute atomic E-state index is 0.128. The molecule has 0 aliphatic rings. The van der Waals surface area contributed by atoms with Gasteiger partial charge in [-0.25, -0.2) is 4.68 Å². The lowest BCUT2D eigenvalue weighted by Crippen LogP contribution is -2.14. The first-order valence-corrected chi connectivity index (χ1v) is 4.45. The predicted octanol–water partition coefficient (Wildman–Crippen LogP) is 1.31. The molecule has 2 aromatic rings. The van der Waals surface area contributed by atoms with Gasteiger partial charge >= 0.3 is 0 Å². The summed E-state index contributed by atoms with van der Waals surface area (Å²) >= 11 is 5.54. The highest BCUT2D eigenvalue weighted by molar-refractivity contribution is 6.29. The number of rotatable bonds is 2. The fourth-order valence-electron chi connectivity index (χ4n) is 1.01. The first kappa shape index (κ1) is 9.72. The molecule has 2 heterocycles. The second-order valence-corrected chi connectivity index (χ2v) is 3.14. The summed E-state index contributed by atoms with van der Waals surface area (Å²) in [5, 5.41) is 6.49. The second-order valence-electron chi connectivity index (χ2n) is 2.77. The molecule has 0 saturated carbocycles. The maximum absolute atomic E-state index is 11.5. The van der Waals surface area contributed by atoms with E-state index in [1.807, 2.05) is 0 Å². The molecule has 0 unspecified atom stereocenters. The number of nitrogens with zero attached hydrogens (tertiary/aromatic N) is 3. The average Bonchev–Trinajstić information content (AvgIpc) is 2.77. The summed E-state index contributed by atoms with van der Waals surface area (Å²) in [4.78, 5) is 15.4. The fourth-order valence-corrected chi connectivity index (χ4v) is 1.15. The van der Waals surface area contributed by atoms with E-state index in [1.165, 1.54) is 23.1 Å². The Morgan fingerprint density at radius 3 is 2.93 bits per heavy atom. The Morgan fingerprint density at radius 1 is 1.60 bits per heavy atom. The van der Waals surface area contributed by atoms with Crippen LogP contribution in [-0.4, -0.2) is 20.7 Å². The number of anilines is 1. The van der Waals surface area contributed by atoms with Gasteiger partial charge in [-0.3, -0.25) is 10.1 Å². The summed E-state index contributed by atoms with van der Waals surface area (Å²) in [6.45, 7) is 0. The average molecular weight is 227 g/mol. The quantitative estimate of drug-likeness (QED) is 0.838. The summed E-state index contributed by atoms with van der Waals surface area (Å²) in [7, 11) is 1.66. The molecule has 1 amide bonds. The van der Waals surface area contributed by atoms with Gasteiger partial charge in [-0.05, 0) is 23.7 Å². The monoisotopic (exact) mass is 226 g/mol. The molecular weight excluding hydrogens is 220 g/mol. The molecule has 0 spiro atoms. The summed E-state index contributed by atoms with van der Waals surface area (Å²) in [6.07, 6.45) is 1.34. The fraction of sp³-hybridized carbons (Fsp3) is 0.125. The summed E-state index contributed by atoms with van der Waals surface area (Å²) in [5.41, 5.74) is 0. The molecule has 0 aromatic carbocycles. The molecule has 78 valence electrons. The molecule has 2 rings (SSSR count). The first-order valence-electron chi connectivity index (χ1n) is 4.07. The highest BCUT2D eigenvalue weighted by Crippen LogP contribution is 2.14. The van der Waals surface area contributed by atoms with Crippen LogP contribution in [0.4, 0.5) is 5.95 Å². The van der Waals surface area contributed by atoms with Crippen LogP contribution in [0.1, 0.15) is 10.6 Å². The standard InChI is InChI=1S/C8H7ClN4O2/c1-13-8(10-4-11-13)12-7(14)5-2-3-6(9)15-5/h2-4H,1H3,(H,10,11,12,14). The number of aryl methyl sites for hydroxylation is 1. The van der Waals surface area contributed by atoms with Crippen molar-refractivity contribution in [1.82, 2.24) is 14.8 Å². The van der Waals surface area contributed by atoms with Crippen molar-refractivity contribution in [1.29, 1.82) is 0 Å². The second kappa shape index (κ2) is 3.74. The van der Waals surface area contributed by atoms with Crippen LogP contribution in [0, 0.1) is 0 Å². The Balaban J connectivity index is 2.14. The van der Waals surface area contributed by atoms with Gasteiger partial charge in [-0.1, -0.05) is 0 Å². The molecule has 0 bridgehead atoms. The van der Waals surface area contributed by atoms with Crippen molar-refractivity contribution in [3.63, 3.8) is 0 Å². The molecule has 6 nitrogen and oxygen atoms in total. The van der Waals surface area contributed by atoms with Gasteiger partial charge in [0.1, 0.15) is 6.33 Å². The zero-order valence-corrected chi connectivity index (χ0v) is 8.52. The Kier molecular flexibility index (Phi) is 2.42. The Morgan fingerprint density at radius 2 is 2.40 bits per heavy atom. The van der Waals surface area contributed by atoms with E-state index in [1.54, 1.807) is 7.05 Å². The maximum atomic E-state index is 11.5. The van der Waals surface area contributed by atoms with Crippen LogP contribution >= 0.6 is 11.6 Å². The van der Waals surface area contributed by atoms with E-state index in [9.17, 15) is 4.79 Å². The number of carbonyl (C=O) groups is 1. The van der Waals surface area contributed by atoms with Gasteiger partial charge < -0.3 is 4.42 Å². The molecule has 0 aliphatic heterocycles. The van der Waals surface area contributed by atoms with Crippen molar-refractivity contribution >= 4 is 23.5 Å². The van der Waals surface area contributed by atoms with E-state index in [0.717, 1.165) is 0 Å². The molecule has 0 radical (unpaired) electrons. The lowest BCUT2D eigenvalue weighted by atomic mass is 10.4. The first-order chi connectivity index (χ1) is 7.16. The number of hydrogen-bond acceptors (Lipinski definition) is 4. The predicted molar refractivity (Wildman–Crippen MR) is 52.7 cm³/mol. The zero-order valence-electron chi connectivity index (χ0n) is 7.77. The summed E-state index contributed by atoms with van der Waals surface area (Å²) in [6, 6.07) is 2.97. The molecule has 0 aliphatic carbocycles. The molecule has 0 atom stereocenters. The van der Waals surface area contributed by atoms with Crippen molar-refractivity contribution in [2.75, 3.05) is 5.32 Å². The molecule has 0 fully saturated rings. The van der Waals surface area contributed by atoms with E-state index in [0.29, 0.717) is 5.95 Å². The SMILES string of the molecule is Cn1ncnc1NC(=O)c1ccc(Cl)o1. The van der Waals surface area contributed by atoms with Gasteiger partial charge in [-0.2, -0.15) is 10.1 Å². The third-order valence-corrected chi connectivity index (χ3v) is 1.94. The van der Waals surface area contributed by atoms with Crippen LogP contribution in [0.5, 0.6) is 0 Å². The van der Waals surface area contributed by atoms with Gasteiger partial charge in [0.15, 0.2) is 11.0 Å². The molecule has 1 N–H and O–H groups in total. The van der Waals surface area contributed by atoms with E-state index < -0.39 is 5.91 Å². The summed E-state index contributed by atoms with van der Waals surface area (Å²) < 4.78 is 6.36. The van der Waals surface area contributed by atoms with Gasteiger partial charge in [0.25, 0.3) is 5.91 Å². The number of halogens is 1. The van der Waals surface area contributed by atoms with Crippen LogP contribution in [0.15, 0.2) is 22.9 Å². The number of hydrogen-bond donors (Lipinski definition) is 1. The van der Waals surface area contributed by atoms with Crippen molar-refractivity contribution in [3.05, 3.63) is 29.4 Å². The highest BCUT2D eigenvalue weighted by Gasteiger charge is 2.12. The Hall–Kier alpha value is -1.82. The molecule has 7 heteroatoms. The van der Waals surface area contributed by atoms with Gasteiger partial charge in [0.05, 0.1) is 0 Å². The van der Waals surface area contributed by atoms with Crippen molar-refractivity contribution < 1.29 is 9.21 Å². The topological polar surface area (TPSA) is 73.0 Å². The van der Waals surface area contributed by atoms with Gasteiger partial charge in [0.2, 0.25) is 5.95 Å². The van der Waals surface area contributed by atoms with E-state index in [-0.39, 0.29) is 11.0 Å². The number of amides is 1. The maximum Gasteiger partial charge on any atom is 0.293 e.